The molecule has 1 aromatic rings. The molecule has 4 heteroatoms. The van der Waals surface area contributed by atoms with Crippen LogP contribution in [0.15, 0.2) is 18.2 Å². The number of benzene rings is 1. The topological polar surface area (TPSA) is 41.3 Å². The van der Waals surface area contributed by atoms with Crippen LogP contribution < -0.4 is 11.1 Å². The van der Waals surface area contributed by atoms with E-state index in [1.165, 1.54) is 0 Å². The number of nitrogens with zero attached hydrogens (tertiary/aromatic N) is 1. The Morgan fingerprint density at radius 1 is 1.41 bits per heavy atom. The fourth-order valence-electron chi connectivity index (χ4n) is 1.63. The van der Waals surface area contributed by atoms with Crippen LogP contribution in [0.3, 0.4) is 0 Å². The molecule has 0 amide bonds. The molecule has 0 spiro atoms. The van der Waals surface area contributed by atoms with Gasteiger partial charge in [-0.15, -0.1) is 0 Å². The number of hydrogen-bond acceptors (Lipinski definition) is 3. The predicted octanol–water partition coefficient (Wildman–Crippen LogP) is 1.29. The van der Waals surface area contributed by atoms with Crippen molar-refractivity contribution < 1.29 is 4.39 Å². The van der Waals surface area contributed by atoms with Gasteiger partial charge in [-0.25, -0.2) is 4.39 Å². The van der Waals surface area contributed by atoms with E-state index < -0.39 is 0 Å². The lowest BCUT2D eigenvalue weighted by molar-refractivity contribution is 0.385. The highest BCUT2D eigenvalue weighted by atomic mass is 19.1. The van der Waals surface area contributed by atoms with Gasteiger partial charge >= 0.3 is 0 Å². The lowest BCUT2D eigenvalue weighted by Crippen LogP contribution is -2.33. The van der Waals surface area contributed by atoms with Crippen LogP contribution in [0.2, 0.25) is 0 Å². The summed E-state index contributed by atoms with van der Waals surface area (Å²) in [6, 6.07) is 5.31. The van der Waals surface area contributed by atoms with Crippen molar-refractivity contribution in [2.24, 2.45) is 5.73 Å². The second kappa shape index (κ2) is 6.69. The molecule has 3 nitrogen and oxygen atoms in total. The minimum absolute atomic E-state index is 0.0186. The van der Waals surface area contributed by atoms with Gasteiger partial charge in [-0.2, -0.15) is 0 Å². The first-order valence-electron chi connectivity index (χ1n) is 5.89. The van der Waals surface area contributed by atoms with Gasteiger partial charge < -0.3 is 16.0 Å². The van der Waals surface area contributed by atoms with Crippen molar-refractivity contribution in [3.8, 4) is 0 Å². The van der Waals surface area contributed by atoms with Gasteiger partial charge in [0.2, 0.25) is 0 Å². The number of aryl methyl sites for hydroxylation is 1. The minimum Gasteiger partial charge on any atom is -0.329 e. The number of rotatable bonds is 6. The molecule has 0 aromatic heterocycles. The zero-order valence-electron chi connectivity index (χ0n) is 10.8. The smallest absolute Gasteiger partial charge is 0.126 e. The van der Waals surface area contributed by atoms with Gasteiger partial charge in [0.15, 0.2) is 0 Å². The van der Waals surface area contributed by atoms with Gasteiger partial charge in [0.1, 0.15) is 5.82 Å². The van der Waals surface area contributed by atoms with Gasteiger partial charge in [0.05, 0.1) is 0 Å². The lowest BCUT2D eigenvalue weighted by Gasteiger charge is -2.19. The van der Waals surface area contributed by atoms with Crippen molar-refractivity contribution in [3.05, 3.63) is 35.1 Å². The van der Waals surface area contributed by atoms with E-state index in [1.54, 1.807) is 19.1 Å². The quantitative estimate of drug-likeness (QED) is 0.786. The summed E-state index contributed by atoms with van der Waals surface area (Å²) in [7, 11) is 4.04. The first kappa shape index (κ1) is 14.1. The van der Waals surface area contributed by atoms with Crippen LogP contribution in [0.4, 0.5) is 4.39 Å². The van der Waals surface area contributed by atoms with Gasteiger partial charge in [0, 0.05) is 25.7 Å². The third kappa shape index (κ3) is 4.42. The van der Waals surface area contributed by atoms with E-state index in [1.807, 2.05) is 20.2 Å². The van der Waals surface area contributed by atoms with Crippen LogP contribution in [-0.2, 0) is 0 Å². The number of likely N-dealkylation sites (N-methyl/N-ethyl adjacent to an activating group) is 1. The maximum Gasteiger partial charge on any atom is 0.126 e. The molecule has 96 valence electrons. The number of halogens is 1. The molecule has 0 radical (unpaired) electrons. The summed E-state index contributed by atoms with van der Waals surface area (Å²) in [5.41, 5.74) is 7.29. The zero-order chi connectivity index (χ0) is 12.8. The van der Waals surface area contributed by atoms with E-state index >= 15 is 0 Å². The molecule has 0 aliphatic rings. The van der Waals surface area contributed by atoms with E-state index in [4.69, 9.17) is 5.73 Å². The molecule has 0 aliphatic heterocycles. The first-order chi connectivity index (χ1) is 8.04. The van der Waals surface area contributed by atoms with Crippen LogP contribution in [0.25, 0.3) is 0 Å². The Balaban J connectivity index is 2.62. The number of nitrogens with one attached hydrogen (secondary N) is 1. The Hall–Kier alpha value is -0.970. The summed E-state index contributed by atoms with van der Waals surface area (Å²) in [5, 5.41) is 3.33. The monoisotopic (exact) mass is 239 g/mol. The van der Waals surface area contributed by atoms with Crippen LogP contribution >= 0.6 is 0 Å². The fourth-order valence-corrected chi connectivity index (χ4v) is 1.63. The van der Waals surface area contributed by atoms with Crippen molar-refractivity contribution in [1.82, 2.24) is 10.2 Å². The van der Waals surface area contributed by atoms with Gasteiger partial charge in [0.25, 0.3) is 0 Å². The molecule has 1 atom stereocenters. The Kier molecular flexibility index (Phi) is 5.55. The van der Waals surface area contributed by atoms with E-state index in [2.05, 4.69) is 10.2 Å². The maximum absolute atomic E-state index is 13.4. The van der Waals surface area contributed by atoms with Crippen molar-refractivity contribution in [3.63, 3.8) is 0 Å². The van der Waals surface area contributed by atoms with E-state index in [9.17, 15) is 4.39 Å². The molecular formula is C13H22FN3. The summed E-state index contributed by atoms with van der Waals surface area (Å²) in [6.45, 7) is 4.00. The highest BCUT2D eigenvalue weighted by Crippen LogP contribution is 2.15. The fraction of sp³-hybridized carbons (Fsp3) is 0.538. The normalized spacial score (nSPS) is 13.1. The summed E-state index contributed by atoms with van der Waals surface area (Å²) in [6.07, 6.45) is 0. The molecule has 0 fully saturated rings. The van der Waals surface area contributed by atoms with Crippen molar-refractivity contribution in [2.45, 2.75) is 13.0 Å². The van der Waals surface area contributed by atoms with Gasteiger partial charge in [-0.3, -0.25) is 0 Å². The molecule has 3 N–H and O–H groups in total. The molecule has 1 rings (SSSR count). The zero-order valence-corrected chi connectivity index (χ0v) is 10.8. The average Bonchev–Trinajstić information content (AvgIpc) is 2.28. The van der Waals surface area contributed by atoms with Crippen molar-refractivity contribution >= 4 is 0 Å². The van der Waals surface area contributed by atoms with E-state index in [-0.39, 0.29) is 11.9 Å². The molecule has 0 saturated carbocycles. The molecule has 0 saturated heterocycles. The second-order valence-electron chi connectivity index (χ2n) is 4.55. The summed E-state index contributed by atoms with van der Waals surface area (Å²) < 4.78 is 13.4. The van der Waals surface area contributed by atoms with Crippen LogP contribution in [-0.4, -0.2) is 38.6 Å². The Labute approximate surface area is 103 Å². The van der Waals surface area contributed by atoms with E-state index in [0.717, 1.165) is 18.7 Å². The third-order valence-corrected chi connectivity index (χ3v) is 2.78. The van der Waals surface area contributed by atoms with E-state index in [0.29, 0.717) is 12.1 Å². The first-order valence-corrected chi connectivity index (χ1v) is 5.89. The number of nitrogens with two attached hydrogens (primary N) is 1. The Bertz CT molecular complexity index is 353. The summed E-state index contributed by atoms with van der Waals surface area (Å²) in [4.78, 5) is 2.09. The average molecular weight is 239 g/mol. The number of hydrogen-bond donors (Lipinski definition) is 2. The van der Waals surface area contributed by atoms with Crippen molar-refractivity contribution in [1.29, 1.82) is 0 Å². The minimum atomic E-state index is -0.171. The van der Waals surface area contributed by atoms with Crippen molar-refractivity contribution in [2.75, 3.05) is 33.7 Å². The Morgan fingerprint density at radius 2 is 2.12 bits per heavy atom. The van der Waals surface area contributed by atoms with Gasteiger partial charge in [-0.05, 0) is 38.2 Å². The van der Waals surface area contributed by atoms with Crippen LogP contribution in [0, 0.1) is 12.7 Å². The highest BCUT2D eigenvalue weighted by molar-refractivity contribution is 5.26. The molecular weight excluding hydrogens is 217 g/mol. The summed E-state index contributed by atoms with van der Waals surface area (Å²) >= 11 is 0. The third-order valence-electron chi connectivity index (χ3n) is 2.78. The second-order valence-corrected chi connectivity index (χ2v) is 4.55. The standard InChI is InChI=1S/C13H22FN3/c1-10-4-5-11(8-12(10)14)13(9-15)16-6-7-17(2)3/h4-5,8,13,16H,6-7,9,15H2,1-3H3. The molecule has 0 heterocycles. The largest absolute Gasteiger partial charge is 0.329 e. The molecule has 0 aliphatic carbocycles. The molecule has 1 aromatic carbocycles. The Morgan fingerprint density at radius 3 is 2.65 bits per heavy atom. The molecule has 1 unspecified atom stereocenters. The SMILES string of the molecule is Cc1ccc(C(CN)NCCN(C)C)cc1F. The lowest BCUT2D eigenvalue weighted by atomic mass is 10.0. The summed E-state index contributed by atoms with van der Waals surface area (Å²) in [5.74, 6) is -0.171. The highest BCUT2D eigenvalue weighted by Gasteiger charge is 2.10. The molecule has 17 heavy (non-hydrogen) atoms. The van der Waals surface area contributed by atoms with Gasteiger partial charge in [-0.1, -0.05) is 12.1 Å². The van der Waals surface area contributed by atoms with Crippen LogP contribution in [0.1, 0.15) is 17.2 Å². The predicted molar refractivity (Wildman–Crippen MR) is 69.5 cm³/mol. The maximum atomic E-state index is 13.4. The molecule has 0 bridgehead atoms. The van der Waals surface area contributed by atoms with Crippen LogP contribution in [0.5, 0.6) is 0 Å².